The first-order valence-electron chi connectivity index (χ1n) is 7.86. The Morgan fingerprint density at radius 1 is 1.19 bits per heavy atom. The van der Waals surface area contributed by atoms with E-state index in [1.807, 2.05) is 0 Å². The lowest BCUT2D eigenvalue weighted by atomic mass is 10.1. The first-order chi connectivity index (χ1) is 12.5. The van der Waals surface area contributed by atoms with Gasteiger partial charge >= 0.3 is 5.97 Å². The molecule has 1 N–H and O–H groups in total. The molecule has 0 saturated carbocycles. The van der Waals surface area contributed by atoms with Gasteiger partial charge < -0.3 is 19.5 Å². The van der Waals surface area contributed by atoms with Gasteiger partial charge in [0.1, 0.15) is 18.0 Å². The van der Waals surface area contributed by atoms with Crippen LogP contribution in [0.25, 0.3) is 0 Å². The highest BCUT2D eigenvalue weighted by atomic mass is 16.6. The second kappa shape index (κ2) is 9.38. The molecule has 0 spiro atoms. The summed E-state index contributed by atoms with van der Waals surface area (Å²) in [4.78, 5) is 22.9. The van der Waals surface area contributed by atoms with Gasteiger partial charge in [-0.25, -0.2) is 4.79 Å². The average Bonchev–Trinajstić information content (AvgIpc) is 2.66. The summed E-state index contributed by atoms with van der Waals surface area (Å²) in [5, 5.41) is 14.1. The molecule has 2 aromatic rings. The minimum Gasteiger partial charge on any atom is -0.497 e. The first-order valence-corrected chi connectivity index (χ1v) is 7.86. The van der Waals surface area contributed by atoms with Gasteiger partial charge in [-0.2, -0.15) is 0 Å². The lowest BCUT2D eigenvalue weighted by Crippen LogP contribution is -2.11. The molecule has 0 atom stereocenters. The third kappa shape index (κ3) is 5.18. The number of nitro benzene ring substituents is 1. The molecule has 0 unspecified atom stereocenters. The minimum absolute atomic E-state index is 0.0394. The van der Waals surface area contributed by atoms with Gasteiger partial charge in [0.15, 0.2) is 0 Å². The number of carbonyl (C=O) groups is 1. The molecular formula is C18H20N2O6. The topological polar surface area (TPSA) is 99.9 Å². The zero-order chi connectivity index (χ0) is 18.9. The zero-order valence-electron chi connectivity index (χ0n) is 14.6. The summed E-state index contributed by atoms with van der Waals surface area (Å²) in [6.07, 6.45) is 0. The Kier molecular flexibility index (Phi) is 6.92. The van der Waals surface area contributed by atoms with E-state index in [1.54, 1.807) is 31.4 Å². The lowest BCUT2D eigenvalue weighted by Gasteiger charge is -2.09. The molecular weight excluding hydrogens is 340 g/mol. The SMILES string of the molecule is COCCNc1ccc(C(=O)OCc2cccc(OC)c2)cc1[N+](=O)[O-]. The molecule has 0 aliphatic carbocycles. The number of anilines is 1. The molecule has 0 aliphatic rings. The molecule has 2 rings (SSSR count). The van der Waals surface area contributed by atoms with Gasteiger partial charge in [-0.05, 0) is 29.8 Å². The summed E-state index contributed by atoms with van der Waals surface area (Å²) in [5.41, 5.74) is 0.982. The van der Waals surface area contributed by atoms with Crippen LogP contribution in [0, 0.1) is 10.1 Å². The monoisotopic (exact) mass is 360 g/mol. The fraction of sp³-hybridized carbons (Fsp3) is 0.278. The van der Waals surface area contributed by atoms with Crippen molar-refractivity contribution in [2.45, 2.75) is 6.61 Å². The second-order valence-electron chi connectivity index (χ2n) is 5.34. The normalized spacial score (nSPS) is 10.2. The van der Waals surface area contributed by atoms with Crippen molar-refractivity contribution in [1.82, 2.24) is 0 Å². The number of carbonyl (C=O) groups excluding carboxylic acids is 1. The summed E-state index contributed by atoms with van der Waals surface area (Å²) < 4.78 is 15.2. The van der Waals surface area contributed by atoms with Gasteiger partial charge in [0, 0.05) is 19.7 Å². The quantitative estimate of drug-likeness (QED) is 0.317. The van der Waals surface area contributed by atoms with Crippen LogP contribution in [0.15, 0.2) is 42.5 Å². The highest BCUT2D eigenvalue weighted by Crippen LogP contribution is 2.26. The number of nitrogens with zero attached hydrogens (tertiary/aromatic N) is 1. The van der Waals surface area contributed by atoms with Crippen LogP contribution in [-0.4, -0.2) is 38.3 Å². The molecule has 0 heterocycles. The molecule has 8 nitrogen and oxygen atoms in total. The van der Waals surface area contributed by atoms with Crippen LogP contribution in [0.1, 0.15) is 15.9 Å². The number of esters is 1. The maximum absolute atomic E-state index is 12.2. The number of benzene rings is 2. The molecule has 2 aromatic carbocycles. The van der Waals surface area contributed by atoms with Crippen LogP contribution in [0.2, 0.25) is 0 Å². The molecule has 138 valence electrons. The molecule has 0 aromatic heterocycles. The van der Waals surface area contributed by atoms with Crippen LogP contribution in [0.3, 0.4) is 0 Å². The Hall–Kier alpha value is -3.13. The fourth-order valence-corrected chi connectivity index (χ4v) is 2.24. The van der Waals surface area contributed by atoms with Crippen molar-refractivity contribution in [2.75, 3.05) is 32.7 Å². The van der Waals surface area contributed by atoms with Crippen LogP contribution < -0.4 is 10.1 Å². The van der Waals surface area contributed by atoms with Crippen LogP contribution in [0.5, 0.6) is 5.75 Å². The maximum Gasteiger partial charge on any atom is 0.338 e. The van der Waals surface area contributed by atoms with Crippen molar-refractivity contribution in [3.05, 3.63) is 63.7 Å². The summed E-state index contributed by atoms with van der Waals surface area (Å²) in [5.74, 6) is 0.0139. The van der Waals surface area contributed by atoms with Gasteiger partial charge in [0.2, 0.25) is 0 Å². The Labute approximate surface area is 150 Å². The van der Waals surface area contributed by atoms with Gasteiger partial charge in [0.25, 0.3) is 5.69 Å². The van der Waals surface area contributed by atoms with Crippen LogP contribution >= 0.6 is 0 Å². The number of nitrogens with one attached hydrogen (secondary N) is 1. The van der Waals surface area contributed by atoms with Gasteiger partial charge in [-0.3, -0.25) is 10.1 Å². The molecule has 0 bridgehead atoms. The predicted octanol–water partition coefficient (Wildman–Crippen LogP) is 3.02. The Morgan fingerprint density at radius 3 is 2.69 bits per heavy atom. The van der Waals surface area contributed by atoms with Gasteiger partial charge in [0.05, 0.1) is 24.2 Å². The summed E-state index contributed by atoms with van der Waals surface area (Å²) >= 11 is 0. The van der Waals surface area contributed by atoms with Crippen molar-refractivity contribution in [2.24, 2.45) is 0 Å². The molecule has 8 heteroatoms. The van der Waals surface area contributed by atoms with E-state index in [2.05, 4.69) is 5.32 Å². The molecule has 0 amide bonds. The highest BCUT2D eigenvalue weighted by Gasteiger charge is 2.18. The molecule has 0 aliphatic heterocycles. The second-order valence-corrected chi connectivity index (χ2v) is 5.34. The lowest BCUT2D eigenvalue weighted by molar-refractivity contribution is -0.384. The van der Waals surface area contributed by atoms with Gasteiger partial charge in [-0.15, -0.1) is 0 Å². The molecule has 26 heavy (non-hydrogen) atoms. The zero-order valence-corrected chi connectivity index (χ0v) is 14.6. The summed E-state index contributed by atoms with van der Waals surface area (Å²) in [6.45, 7) is 0.857. The van der Waals surface area contributed by atoms with Crippen molar-refractivity contribution in [3.63, 3.8) is 0 Å². The van der Waals surface area contributed by atoms with E-state index >= 15 is 0 Å². The maximum atomic E-state index is 12.2. The number of nitro groups is 1. The van der Waals surface area contributed by atoms with Crippen molar-refractivity contribution in [1.29, 1.82) is 0 Å². The third-order valence-corrected chi connectivity index (χ3v) is 3.56. The largest absolute Gasteiger partial charge is 0.497 e. The summed E-state index contributed by atoms with van der Waals surface area (Å²) in [6, 6.07) is 11.3. The van der Waals surface area contributed by atoms with Crippen molar-refractivity contribution >= 4 is 17.3 Å². The highest BCUT2D eigenvalue weighted by molar-refractivity contribution is 5.91. The molecule has 0 fully saturated rings. The molecule has 0 saturated heterocycles. The fourth-order valence-electron chi connectivity index (χ4n) is 2.24. The average molecular weight is 360 g/mol. The third-order valence-electron chi connectivity index (χ3n) is 3.56. The smallest absolute Gasteiger partial charge is 0.338 e. The van der Waals surface area contributed by atoms with Crippen LogP contribution in [-0.2, 0) is 16.1 Å². The first kappa shape index (κ1) is 19.2. The van der Waals surface area contributed by atoms with E-state index in [9.17, 15) is 14.9 Å². The van der Waals surface area contributed by atoms with E-state index in [1.165, 1.54) is 25.3 Å². The van der Waals surface area contributed by atoms with E-state index in [-0.39, 0.29) is 17.9 Å². The number of rotatable bonds is 9. The van der Waals surface area contributed by atoms with E-state index in [0.29, 0.717) is 24.6 Å². The Morgan fingerprint density at radius 2 is 2.00 bits per heavy atom. The molecule has 0 radical (unpaired) electrons. The van der Waals surface area contributed by atoms with E-state index in [0.717, 1.165) is 5.56 Å². The number of methoxy groups -OCH3 is 2. The number of hydrogen-bond donors (Lipinski definition) is 1. The number of ether oxygens (including phenoxy) is 3. The van der Waals surface area contributed by atoms with E-state index < -0.39 is 10.9 Å². The van der Waals surface area contributed by atoms with Crippen molar-refractivity contribution in [3.8, 4) is 5.75 Å². The van der Waals surface area contributed by atoms with E-state index in [4.69, 9.17) is 14.2 Å². The Bertz CT molecular complexity index is 778. The number of hydrogen-bond acceptors (Lipinski definition) is 7. The Balaban J connectivity index is 2.07. The van der Waals surface area contributed by atoms with Crippen molar-refractivity contribution < 1.29 is 23.9 Å². The van der Waals surface area contributed by atoms with Crippen LogP contribution in [0.4, 0.5) is 11.4 Å². The standard InChI is InChI=1S/C18H20N2O6/c1-24-9-8-19-16-7-6-14(11-17(16)20(22)23)18(21)26-12-13-4-3-5-15(10-13)25-2/h3-7,10-11,19H,8-9,12H2,1-2H3. The summed E-state index contributed by atoms with van der Waals surface area (Å²) in [7, 11) is 3.09. The predicted molar refractivity (Wildman–Crippen MR) is 95.6 cm³/mol. The van der Waals surface area contributed by atoms with Gasteiger partial charge in [-0.1, -0.05) is 12.1 Å². The minimum atomic E-state index is -0.639.